The number of hydrogen-bond donors (Lipinski definition) is 2. The van der Waals surface area contributed by atoms with Crippen LogP contribution in [-0.2, 0) is 17.9 Å². The predicted molar refractivity (Wildman–Crippen MR) is 113 cm³/mol. The molecular weight excluding hydrogens is 354 g/mol. The van der Waals surface area contributed by atoms with E-state index in [9.17, 15) is 0 Å². The summed E-state index contributed by atoms with van der Waals surface area (Å²) in [5, 5.41) is 6.65. The van der Waals surface area contributed by atoms with Gasteiger partial charge in [0.2, 0.25) is 0 Å². The van der Waals surface area contributed by atoms with Gasteiger partial charge >= 0.3 is 0 Å². The lowest BCUT2D eigenvalue weighted by Crippen LogP contribution is -2.39. The van der Waals surface area contributed by atoms with Crippen LogP contribution < -0.4 is 20.1 Å². The van der Waals surface area contributed by atoms with E-state index in [-0.39, 0.29) is 0 Å². The van der Waals surface area contributed by atoms with Gasteiger partial charge in [0.05, 0.1) is 27.4 Å². The number of rotatable bonds is 10. The molecule has 1 atom stereocenters. The van der Waals surface area contributed by atoms with E-state index in [0.717, 1.165) is 23.8 Å². The van der Waals surface area contributed by atoms with Gasteiger partial charge in [-0.2, -0.15) is 0 Å². The van der Waals surface area contributed by atoms with Gasteiger partial charge in [-0.05, 0) is 17.5 Å². The molecule has 0 aliphatic rings. The van der Waals surface area contributed by atoms with Crippen molar-refractivity contribution in [3.05, 3.63) is 59.7 Å². The molecule has 6 heteroatoms. The van der Waals surface area contributed by atoms with E-state index < -0.39 is 0 Å². The number of guanidine groups is 1. The van der Waals surface area contributed by atoms with E-state index in [2.05, 4.69) is 34.7 Å². The largest absolute Gasteiger partial charge is 0.493 e. The summed E-state index contributed by atoms with van der Waals surface area (Å²) in [5.74, 6) is 2.54. The number of methoxy groups -OCH3 is 2. The lowest BCUT2D eigenvalue weighted by Gasteiger charge is -2.17. The van der Waals surface area contributed by atoms with E-state index >= 15 is 0 Å². The molecule has 2 aromatic carbocycles. The molecule has 2 aromatic rings. The SMILES string of the molecule is CN=C(NCc1cccc(OC)c1OC)NCC(C)COCc1ccccc1. The highest BCUT2D eigenvalue weighted by Gasteiger charge is 2.10. The number of aliphatic imine (C=N–C) groups is 1. The van der Waals surface area contributed by atoms with Crippen molar-refractivity contribution in [2.75, 3.05) is 34.4 Å². The molecule has 0 bridgehead atoms. The number of nitrogens with one attached hydrogen (secondary N) is 2. The number of benzene rings is 2. The van der Waals surface area contributed by atoms with Crippen molar-refractivity contribution in [1.29, 1.82) is 0 Å². The van der Waals surface area contributed by atoms with Crippen molar-refractivity contribution in [3.63, 3.8) is 0 Å². The maximum Gasteiger partial charge on any atom is 0.191 e. The summed E-state index contributed by atoms with van der Waals surface area (Å²) in [7, 11) is 5.04. The zero-order valence-corrected chi connectivity index (χ0v) is 17.2. The minimum Gasteiger partial charge on any atom is -0.493 e. The Hall–Kier alpha value is -2.73. The fourth-order valence-electron chi connectivity index (χ4n) is 2.77. The summed E-state index contributed by atoms with van der Waals surface area (Å²) in [6.07, 6.45) is 0. The number of para-hydroxylation sites is 1. The molecule has 0 amide bonds. The zero-order valence-electron chi connectivity index (χ0n) is 17.2. The summed E-state index contributed by atoms with van der Waals surface area (Å²) in [5.41, 5.74) is 2.19. The van der Waals surface area contributed by atoms with Gasteiger partial charge in [0, 0.05) is 25.7 Å². The van der Waals surface area contributed by atoms with Crippen LogP contribution in [0.2, 0.25) is 0 Å². The fourth-order valence-corrected chi connectivity index (χ4v) is 2.77. The molecule has 0 radical (unpaired) electrons. The Morgan fingerprint density at radius 1 is 1.00 bits per heavy atom. The lowest BCUT2D eigenvalue weighted by molar-refractivity contribution is 0.0931. The van der Waals surface area contributed by atoms with Crippen LogP contribution in [0.25, 0.3) is 0 Å². The molecular formula is C22H31N3O3. The van der Waals surface area contributed by atoms with E-state index in [1.807, 2.05) is 36.4 Å². The lowest BCUT2D eigenvalue weighted by atomic mass is 10.2. The molecule has 1 unspecified atom stereocenters. The first-order valence-corrected chi connectivity index (χ1v) is 9.44. The van der Waals surface area contributed by atoms with Crippen LogP contribution in [0.4, 0.5) is 0 Å². The van der Waals surface area contributed by atoms with Crippen LogP contribution in [0, 0.1) is 5.92 Å². The molecule has 152 valence electrons. The molecule has 0 aliphatic carbocycles. The van der Waals surface area contributed by atoms with Crippen LogP contribution in [0.1, 0.15) is 18.1 Å². The van der Waals surface area contributed by atoms with Gasteiger partial charge in [-0.25, -0.2) is 0 Å². The van der Waals surface area contributed by atoms with Gasteiger partial charge in [0.15, 0.2) is 17.5 Å². The van der Waals surface area contributed by atoms with Crippen molar-refractivity contribution in [3.8, 4) is 11.5 Å². The summed E-state index contributed by atoms with van der Waals surface area (Å²) in [4.78, 5) is 4.28. The molecule has 6 nitrogen and oxygen atoms in total. The Morgan fingerprint density at radius 2 is 1.79 bits per heavy atom. The molecule has 2 rings (SSSR count). The van der Waals surface area contributed by atoms with Gasteiger partial charge in [0.25, 0.3) is 0 Å². The van der Waals surface area contributed by atoms with Gasteiger partial charge in [-0.3, -0.25) is 4.99 Å². The molecule has 0 saturated carbocycles. The van der Waals surface area contributed by atoms with Crippen LogP contribution in [0.5, 0.6) is 11.5 Å². The number of ether oxygens (including phenoxy) is 3. The highest BCUT2D eigenvalue weighted by molar-refractivity contribution is 5.79. The van der Waals surface area contributed by atoms with Gasteiger partial charge in [-0.1, -0.05) is 49.4 Å². The maximum absolute atomic E-state index is 5.80. The third kappa shape index (κ3) is 6.78. The van der Waals surface area contributed by atoms with Gasteiger partial charge in [0.1, 0.15) is 0 Å². The standard InChI is InChI=1S/C22H31N3O3/c1-17(15-28-16-18-9-6-5-7-10-18)13-24-22(23-2)25-14-19-11-8-12-20(26-3)21(19)27-4/h5-12,17H,13-16H2,1-4H3,(H2,23,24,25). The second kappa shape index (κ2) is 11.9. The van der Waals surface area contributed by atoms with E-state index in [1.165, 1.54) is 5.56 Å². The third-order valence-electron chi connectivity index (χ3n) is 4.29. The van der Waals surface area contributed by atoms with E-state index in [4.69, 9.17) is 14.2 Å². The first-order chi connectivity index (χ1) is 13.7. The number of hydrogen-bond acceptors (Lipinski definition) is 4. The fraction of sp³-hybridized carbons (Fsp3) is 0.409. The number of nitrogens with zero attached hydrogens (tertiary/aromatic N) is 1. The topological polar surface area (TPSA) is 64.1 Å². The smallest absolute Gasteiger partial charge is 0.191 e. The highest BCUT2D eigenvalue weighted by atomic mass is 16.5. The molecule has 0 saturated heterocycles. The van der Waals surface area contributed by atoms with Crippen molar-refractivity contribution in [2.45, 2.75) is 20.1 Å². The monoisotopic (exact) mass is 385 g/mol. The predicted octanol–water partition coefficient (Wildman–Crippen LogP) is 3.22. The summed E-state index contributed by atoms with van der Waals surface area (Å²) in [6.45, 7) is 4.81. The third-order valence-corrected chi connectivity index (χ3v) is 4.29. The van der Waals surface area contributed by atoms with Crippen molar-refractivity contribution < 1.29 is 14.2 Å². The Balaban J connectivity index is 1.75. The first-order valence-electron chi connectivity index (χ1n) is 9.44. The van der Waals surface area contributed by atoms with Crippen molar-refractivity contribution in [2.24, 2.45) is 10.9 Å². The van der Waals surface area contributed by atoms with Crippen LogP contribution in [0.15, 0.2) is 53.5 Å². The Labute approximate surface area is 167 Å². The maximum atomic E-state index is 5.80. The Morgan fingerprint density at radius 3 is 2.46 bits per heavy atom. The van der Waals surface area contributed by atoms with Gasteiger partial charge < -0.3 is 24.8 Å². The zero-order chi connectivity index (χ0) is 20.2. The normalized spacial score (nSPS) is 12.4. The molecule has 0 aliphatic heterocycles. The molecule has 0 fully saturated rings. The van der Waals surface area contributed by atoms with Crippen LogP contribution in [-0.4, -0.2) is 40.4 Å². The van der Waals surface area contributed by atoms with E-state index in [1.54, 1.807) is 21.3 Å². The highest BCUT2D eigenvalue weighted by Crippen LogP contribution is 2.30. The van der Waals surface area contributed by atoms with Crippen LogP contribution in [0.3, 0.4) is 0 Å². The second-order valence-corrected chi connectivity index (χ2v) is 6.57. The summed E-state index contributed by atoms with van der Waals surface area (Å²) in [6, 6.07) is 16.0. The average molecular weight is 386 g/mol. The molecule has 0 spiro atoms. The quantitative estimate of drug-likeness (QED) is 0.486. The molecule has 2 N–H and O–H groups in total. The Bertz CT molecular complexity index is 735. The van der Waals surface area contributed by atoms with Crippen molar-refractivity contribution in [1.82, 2.24) is 10.6 Å². The van der Waals surface area contributed by atoms with Crippen molar-refractivity contribution >= 4 is 5.96 Å². The minimum absolute atomic E-state index is 0.355. The van der Waals surface area contributed by atoms with E-state index in [0.29, 0.717) is 31.4 Å². The molecule has 0 aromatic heterocycles. The molecule has 28 heavy (non-hydrogen) atoms. The summed E-state index contributed by atoms with van der Waals surface area (Å²) >= 11 is 0. The summed E-state index contributed by atoms with van der Waals surface area (Å²) < 4.78 is 16.6. The second-order valence-electron chi connectivity index (χ2n) is 6.57. The molecule has 0 heterocycles. The van der Waals surface area contributed by atoms with Gasteiger partial charge in [-0.15, -0.1) is 0 Å². The first kappa shape index (κ1) is 21.6. The Kier molecular flexibility index (Phi) is 9.15. The minimum atomic E-state index is 0.355. The van der Waals surface area contributed by atoms with Crippen LogP contribution >= 0.6 is 0 Å². The average Bonchev–Trinajstić information content (AvgIpc) is 2.74.